The molecule has 0 amide bonds. The fraction of sp³-hybridized carbons (Fsp3) is 0. The smallest absolute Gasteiger partial charge is 0.0701 e. The van der Waals surface area contributed by atoms with Gasteiger partial charge in [-0.2, -0.15) is 0 Å². The third-order valence-corrected chi connectivity index (χ3v) is 2.41. The highest BCUT2D eigenvalue weighted by molar-refractivity contribution is 7.31. The summed E-state index contributed by atoms with van der Waals surface area (Å²) in [5.74, 6) is 0. The molecule has 0 spiro atoms. The molecule has 15 heavy (non-hydrogen) atoms. The summed E-state index contributed by atoms with van der Waals surface area (Å²) in [6.45, 7) is 0. The first-order chi connectivity index (χ1) is 7.36. The number of nitrogens with zero attached hydrogens (tertiary/aromatic N) is 2. The second kappa shape index (κ2) is 4.81. The Labute approximate surface area is 91.3 Å². The van der Waals surface area contributed by atoms with E-state index in [1.807, 2.05) is 42.5 Å². The van der Waals surface area contributed by atoms with Gasteiger partial charge in [-0.05, 0) is 35.7 Å². The van der Waals surface area contributed by atoms with Gasteiger partial charge in [-0.25, -0.2) is 0 Å². The average Bonchev–Trinajstić information content (AvgIpc) is 2.31. The van der Waals surface area contributed by atoms with Crippen molar-refractivity contribution in [2.45, 2.75) is 0 Å². The minimum atomic E-state index is 0.938. The maximum atomic E-state index is 4.26. The zero-order valence-electron chi connectivity index (χ0n) is 8.17. The Kier molecular flexibility index (Phi) is 3.21. The molecule has 0 aliphatic rings. The van der Waals surface area contributed by atoms with Gasteiger partial charge >= 0.3 is 0 Å². The maximum Gasteiger partial charge on any atom is 0.0701 e. The predicted molar refractivity (Wildman–Crippen MR) is 66.1 cm³/mol. The van der Waals surface area contributed by atoms with E-state index in [1.54, 1.807) is 12.4 Å². The van der Waals surface area contributed by atoms with E-state index in [4.69, 9.17) is 0 Å². The van der Waals surface area contributed by atoms with Gasteiger partial charge in [0.1, 0.15) is 0 Å². The van der Waals surface area contributed by atoms with Gasteiger partial charge in [0.15, 0.2) is 0 Å². The van der Waals surface area contributed by atoms with Gasteiger partial charge in [-0.3, -0.25) is 9.97 Å². The predicted octanol–water partition coefficient (Wildman–Crippen LogP) is 2.85. The lowest BCUT2D eigenvalue weighted by atomic mass is 10.2. The molecule has 0 aromatic carbocycles. The van der Waals surface area contributed by atoms with Crippen LogP contribution in [-0.4, -0.2) is 9.97 Å². The SMILES string of the molecule is PC(=Cc1ccccn1)c1ccccn1. The molecular formula is C12H11N2P. The van der Waals surface area contributed by atoms with Crippen molar-refractivity contribution in [1.82, 2.24) is 9.97 Å². The van der Waals surface area contributed by atoms with Crippen molar-refractivity contribution in [3.8, 4) is 0 Å². The van der Waals surface area contributed by atoms with Crippen molar-refractivity contribution in [3.05, 3.63) is 60.2 Å². The summed E-state index contributed by atoms with van der Waals surface area (Å²) in [6.07, 6.45) is 5.56. The highest BCUT2D eigenvalue weighted by atomic mass is 31.0. The van der Waals surface area contributed by atoms with Crippen molar-refractivity contribution < 1.29 is 0 Å². The van der Waals surface area contributed by atoms with Crippen LogP contribution in [0.3, 0.4) is 0 Å². The van der Waals surface area contributed by atoms with E-state index in [1.165, 1.54) is 0 Å². The lowest BCUT2D eigenvalue weighted by molar-refractivity contribution is 1.28. The van der Waals surface area contributed by atoms with Crippen LogP contribution >= 0.6 is 9.24 Å². The zero-order valence-corrected chi connectivity index (χ0v) is 9.32. The first-order valence-electron chi connectivity index (χ1n) is 4.66. The summed E-state index contributed by atoms with van der Waals surface area (Å²) in [6, 6.07) is 11.7. The normalized spacial score (nSPS) is 11.4. The average molecular weight is 214 g/mol. The Balaban J connectivity index is 2.29. The Morgan fingerprint density at radius 1 is 1.00 bits per heavy atom. The molecule has 0 aliphatic carbocycles. The van der Waals surface area contributed by atoms with Crippen molar-refractivity contribution in [1.29, 1.82) is 0 Å². The van der Waals surface area contributed by atoms with Crippen LogP contribution < -0.4 is 0 Å². The minimum absolute atomic E-state index is 0.938. The molecule has 2 aromatic rings. The first kappa shape index (κ1) is 10.0. The Bertz CT molecular complexity index is 452. The highest BCUT2D eigenvalue weighted by Crippen LogP contribution is 2.21. The summed E-state index contributed by atoms with van der Waals surface area (Å²) in [5.41, 5.74) is 1.89. The van der Waals surface area contributed by atoms with Crippen molar-refractivity contribution in [2.75, 3.05) is 0 Å². The minimum Gasteiger partial charge on any atom is -0.257 e. The van der Waals surface area contributed by atoms with Crippen molar-refractivity contribution in [3.63, 3.8) is 0 Å². The fourth-order valence-electron chi connectivity index (χ4n) is 1.23. The van der Waals surface area contributed by atoms with Crippen LogP contribution in [0.25, 0.3) is 11.4 Å². The third kappa shape index (κ3) is 2.71. The van der Waals surface area contributed by atoms with Crippen LogP contribution in [0.5, 0.6) is 0 Å². The second-order valence-electron chi connectivity index (χ2n) is 3.07. The van der Waals surface area contributed by atoms with Crippen LogP contribution in [0.4, 0.5) is 0 Å². The lowest BCUT2D eigenvalue weighted by Gasteiger charge is -1.99. The summed E-state index contributed by atoms with van der Waals surface area (Å²) >= 11 is 0. The van der Waals surface area contributed by atoms with E-state index in [0.29, 0.717) is 0 Å². The molecule has 2 nitrogen and oxygen atoms in total. The third-order valence-electron chi connectivity index (χ3n) is 1.95. The van der Waals surface area contributed by atoms with E-state index in [0.717, 1.165) is 16.7 Å². The van der Waals surface area contributed by atoms with Crippen LogP contribution in [-0.2, 0) is 0 Å². The summed E-state index contributed by atoms with van der Waals surface area (Å²) in [4.78, 5) is 8.48. The van der Waals surface area contributed by atoms with Gasteiger partial charge in [0.05, 0.1) is 11.4 Å². The van der Waals surface area contributed by atoms with E-state index in [2.05, 4.69) is 19.2 Å². The molecule has 0 saturated heterocycles. The van der Waals surface area contributed by atoms with Gasteiger partial charge in [0, 0.05) is 12.4 Å². The second-order valence-corrected chi connectivity index (χ2v) is 3.69. The molecule has 1 unspecified atom stereocenters. The molecule has 0 saturated carbocycles. The molecule has 3 heteroatoms. The number of hydrogen-bond acceptors (Lipinski definition) is 2. The maximum absolute atomic E-state index is 4.26. The largest absolute Gasteiger partial charge is 0.257 e. The standard InChI is InChI=1S/C12H11N2P/c15-12(11-6-2-4-8-14-11)9-10-5-1-3-7-13-10/h1-9H,15H2. The zero-order chi connectivity index (χ0) is 10.5. The lowest BCUT2D eigenvalue weighted by Crippen LogP contribution is -1.83. The van der Waals surface area contributed by atoms with Crippen LogP contribution in [0.15, 0.2) is 48.8 Å². The number of aromatic nitrogens is 2. The van der Waals surface area contributed by atoms with E-state index < -0.39 is 0 Å². The van der Waals surface area contributed by atoms with E-state index >= 15 is 0 Å². The summed E-state index contributed by atoms with van der Waals surface area (Å²) in [5, 5.41) is 1.04. The summed E-state index contributed by atoms with van der Waals surface area (Å²) < 4.78 is 0. The Hall–Kier alpha value is -1.53. The molecule has 2 aromatic heterocycles. The molecule has 0 fully saturated rings. The van der Waals surface area contributed by atoms with Crippen LogP contribution in [0.2, 0.25) is 0 Å². The molecular weight excluding hydrogens is 203 g/mol. The highest BCUT2D eigenvalue weighted by Gasteiger charge is 1.96. The van der Waals surface area contributed by atoms with Gasteiger partial charge in [0.2, 0.25) is 0 Å². The fourth-order valence-corrected chi connectivity index (χ4v) is 1.57. The summed E-state index contributed by atoms with van der Waals surface area (Å²) in [7, 11) is 2.68. The van der Waals surface area contributed by atoms with Gasteiger partial charge in [-0.15, -0.1) is 9.24 Å². The number of rotatable bonds is 2. The van der Waals surface area contributed by atoms with Crippen molar-refractivity contribution >= 4 is 20.6 Å². The molecule has 74 valence electrons. The Morgan fingerprint density at radius 2 is 1.73 bits per heavy atom. The molecule has 0 N–H and O–H groups in total. The monoisotopic (exact) mass is 214 g/mol. The quantitative estimate of drug-likeness (QED) is 0.718. The molecule has 0 bridgehead atoms. The first-order valence-corrected chi connectivity index (χ1v) is 5.23. The topological polar surface area (TPSA) is 25.8 Å². The van der Waals surface area contributed by atoms with Gasteiger partial charge in [-0.1, -0.05) is 12.1 Å². The molecule has 0 aliphatic heterocycles. The van der Waals surface area contributed by atoms with Gasteiger partial charge in [0.25, 0.3) is 0 Å². The molecule has 2 heterocycles. The van der Waals surface area contributed by atoms with Crippen molar-refractivity contribution in [2.24, 2.45) is 0 Å². The molecule has 1 atom stereocenters. The number of pyridine rings is 2. The molecule has 0 radical (unpaired) electrons. The molecule has 2 rings (SSSR count). The van der Waals surface area contributed by atoms with E-state index in [-0.39, 0.29) is 0 Å². The van der Waals surface area contributed by atoms with Gasteiger partial charge < -0.3 is 0 Å². The number of hydrogen-bond donors (Lipinski definition) is 0. The van der Waals surface area contributed by atoms with Crippen LogP contribution in [0, 0.1) is 0 Å². The van der Waals surface area contributed by atoms with E-state index in [9.17, 15) is 0 Å². The Morgan fingerprint density at radius 3 is 2.33 bits per heavy atom. The van der Waals surface area contributed by atoms with Crippen LogP contribution in [0.1, 0.15) is 11.4 Å².